The monoisotopic (exact) mass is 422 g/mol. The predicted octanol–water partition coefficient (Wildman–Crippen LogP) is 3.21. The second kappa shape index (κ2) is 9.63. The SMILES string of the molecule is CCC(C)NC(N)=NCC(c1cccs1)N1CCCC1.I. The van der Waals surface area contributed by atoms with Crippen molar-refractivity contribution >= 4 is 41.3 Å². The summed E-state index contributed by atoms with van der Waals surface area (Å²) in [5, 5.41) is 5.38. The molecule has 1 saturated heterocycles. The third-order valence-electron chi connectivity index (χ3n) is 3.89. The van der Waals surface area contributed by atoms with Gasteiger partial charge in [0.05, 0.1) is 12.6 Å². The van der Waals surface area contributed by atoms with Crippen LogP contribution >= 0.6 is 35.3 Å². The summed E-state index contributed by atoms with van der Waals surface area (Å²) in [6.45, 7) is 7.37. The lowest BCUT2D eigenvalue weighted by molar-refractivity contribution is 0.255. The third kappa shape index (κ3) is 5.75. The summed E-state index contributed by atoms with van der Waals surface area (Å²) in [4.78, 5) is 8.49. The summed E-state index contributed by atoms with van der Waals surface area (Å²) in [5.41, 5.74) is 5.97. The maximum atomic E-state index is 5.97. The van der Waals surface area contributed by atoms with Crippen molar-refractivity contribution in [3.8, 4) is 0 Å². The van der Waals surface area contributed by atoms with Crippen molar-refractivity contribution in [3.63, 3.8) is 0 Å². The molecule has 120 valence electrons. The molecule has 0 aliphatic carbocycles. The Hall–Kier alpha value is -0.340. The van der Waals surface area contributed by atoms with E-state index in [1.165, 1.54) is 30.8 Å². The van der Waals surface area contributed by atoms with Gasteiger partial charge in [0.25, 0.3) is 0 Å². The van der Waals surface area contributed by atoms with Crippen molar-refractivity contribution in [1.82, 2.24) is 10.2 Å². The zero-order chi connectivity index (χ0) is 14.4. The molecule has 0 spiro atoms. The Morgan fingerprint density at radius 2 is 2.19 bits per heavy atom. The fourth-order valence-corrected chi connectivity index (χ4v) is 3.36. The molecule has 1 aliphatic heterocycles. The molecule has 0 aromatic carbocycles. The molecule has 3 N–H and O–H groups in total. The first-order valence-electron chi connectivity index (χ1n) is 7.54. The van der Waals surface area contributed by atoms with E-state index >= 15 is 0 Å². The average molecular weight is 422 g/mol. The van der Waals surface area contributed by atoms with E-state index in [-0.39, 0.29) is 24.0 Å². The number of likely N-dealkylation sites (tertiary alicyclic amines) is 1. The van der Waals surface area contributed by atoms with Gasteiger partial charge in [0.15, 0.2) is 5.96 Å². The minimum atomic E-state index is 0. The maximum absolute atomic E-state index is 5.97. The third-order valence-corrected chi connectivity index (χ3v) is 4.87. The van der Waals surface area contributed by atoms with Crippen LogP contribution in [0.3, 0.4) is 0 Å². The molecule has 0 radical (unpaired) electrons. The number of nitrogens with one attached hydrogen (secondary N) is 1. The Labute approximate surface area is 149 Å². The summed E-state index contributed by atoms with van der Waals surface area (Å²) in [5.74, 6) is 0.570. The highest BCUT2D eigenvalue weighted by molar-refractivity contribution is 14.0. The van der Waals surface area contributed by atoms with Crippen molar-refractivity contribution < 1.29 is 0 Å². The van der Waals surface area contributed by atoms with E-state index in [2.05, 4.69) is 46.6 Å². The summed E-state index contributed by atoms with van der Waals surface area (Å²) in [6, 6.07) is 5.09. The molecule has 4 nitrogen and oxygen atoms in total. The standard InChI is InChI=1S/C15H26N4S.HI/c1-3-12(2)18-15(16)17-11-13(14-7-6-10-20-14)19-8-4-5-9-19;/h6-7,10,12-13H,3-5,8-9,11H2,1-2H3,(H3,16,17,18);1H. The molecule has 6 heteroatoms. The Morgan fingerprint density at radius 3 is 2.76 bits per heavy atom. The normalized spacial score (nSPS) is 19.0. The highest BCUT2D eigenvalue weighted by Gasteiger charge is 2.23. The molecule has 2 rings (SSSR count). The first kappa shape index (κ1) is 18.7. The van der Waals surface area contributed by atoms with E-state index in [1.807, 2.05) is 11.3 Å². The predicted molar refractivity (Wildman–Crippen MR) is 103 cm³/mol. The van der Waals surface area contributed by atoms with Gasteiger partial charge < -0.3 is 11.1 Å². The maximum Gasteiger partial charge on any atom is 0.188 e. The second-order valence-electron chi connectivity index (χ2n) is 5.45. The minimum Gasteiger partial charge on any atom is -0.370 e. The molecule has 2 atom stereocenters. The molecular weight excluding hydrogens is 395 g/mol. The fourth-order valence-electron chi connectivity index (χ4n) is 2.50. The van der Waals surface area contributed by atoms with Gasteiger partial charge in [-0.3, -0.25) is 9.89 Å². The first-order valence-corrected chi connectivity index (χ1v) is 8.42. The molecule has 21 heavy (non-hydrogen) atoms. The van der Waals surface area contributed by atoms with Crippen LogP contribution in [0.15, 0.2) is 22.5 Å². The van der Waals surface area contributed by atoms with E-state index in [9.17, 15) is 0 Å². The van der Waals surface area contributed by atoms with Crippen LogP contribution in [-0.2, 0) is 0 Å². The molecule has 2 heterocycles. The fraction of sp³-hybridized carbons (Fsp3) is 0.667. The zero-order valence-corrected chi connectivity index (χ0v) is 16.1. The lowest BCUT2D eigenvalue weighted by Crippen LogP contribution is -2.39. The average Bonchev–Trinajstić information content (AvgIpc) is 3.11. The van der Waals surface area contributed by atoms with E-state index in [1.54, 1.807) is 0 Å². The molecular formula is C15H27IN4S. The van der Waals surface area contributed by atoms with Crippen LogP contribution in [0.1, 0.15) is 44.0 Å². The van der Waals surface area contributed by atoms with Crippen molar-refractivity contribution in [2.24, 2.45) is 10.7 Å². The number of halogens is 1. The summed E-state index contributed by atoms with van der Waals surface area (Å²) >= 11 is 1.82. The molecule has 2 unspecified atom stereocenters. The Bertz CT molecular complexity index is 415. The van der Waals surface area contributed by atoms with Crippen LogP contribution in [-0.4, -0.2) is 36.5 Å². The molecule has 1 aromatic rings. The number of aliphatic imine (C=N–C) groups is 1. The summed E-state index contributed by atoms with van der Waals surface area (Å²) < 4.78 is 0. The van der Waals surface area contributed by atoms with Gasteiger partial charge in [-0.05, 0) is 50.7 Å². The minimum absolute atomic E-state index is 0. The van der Waals surface area contributed by atoms with Crippen LogP contribution in [0, 0.1) is 0 Å². The molecule has 0 bridgehead atoms. The number of nitrogens with zero attached hydrogens (tertiary/aromatic N) is 2. The van der Waals surface area contributed by atoms with Gasteiger partial charge in [-0.15, -0.1) is 35.3 Å². The number of hydrogen-bond acceptors (Lipinski definition) is 3. The van der Waals surface area contributed by atoms with Crippen LogP contribution in [0.5, 0.6) is 0 Å². The molecule has 1 aromatic heterocycles. The quantitative estimate of drug-likeness (QED) is 0.421. The number of nitrogens with two attached hydrogens (primary N) is 1. The van der Waals surface area contributed by atoms with Crippen molar-refractivity contribution in [1.29, 1.82) is 0 Å². The van der Waals surface area contributed by atoms with Gasteiger partial charge in [0.1, 0.15) is 0 Å². The van der Waals surface area contributed by atoms with Gasteiger partial charge in [0, 0.05) is 10.9 Å². The molecule has 0 amide bonds. The first-order chi connectivity index (χ1) is 9.70. The van der Waals surface area contributed by atoms with E-state index < -0.39 is 0 Å². The zero-order valence-electron chi connectivity index (χ0n) is 12.9. The summed E-state index contributed by atoms with van der Waals surface area (Å²) in [6.07, 6.45) is 3.65. The number of rotatable bonds is 6. The van der Waals surface area contributed by atoms with E-state index in [0.29, 0.717) is 18.0 Å². The van der Waals surface area contributed by atoms with Gasteiger partial charge >= 0.3 is 0 Å². The Kier molecular flexibility index (Phi) is 8.58. The smallest absolute Gasteiger partial charge is 0.188 e. The largest absolute Gasteiger partial charge is 0.370 e. The van der Waals surface area contributed by atoms with Crippen molar-refractivity contribution in [3.05, 3.63) is 22.4 Å². The highest BCUT2D eigenvalue weighted by atomic mass is 127. The Morgan fingerprint density at radius 1 is 1.48 bits per heavy atom. The van der Waals surface area contributed by atoms with E-state index in [0.717, 1.165) is 13.0 Å². The molecule has 1 aliphatic rings. The summed E-state index contributed by atoms with van der Waals surface area (Å²) in [7, 11) is 0. The topological polar surface area (TPSA) is 53.6 Å². The Balaban J connectivity index is 0.00000220. The van der Waals surface area contributed by atoms with Crippen LogP contribution in [0.25, 0.3) is 0 Å². The molecule has 0 saturated carbocycles. The van der Waals surface area contributed by atoms with Gasteiger partial charge in [-0.1, -0.05) is 13.0 Å². The van der Waals surface area contributed by atoms with Gasteiger partial charge in [-0.25, -0.2) is 0 Å². The van der Waals surface area contributed by atoms with Gasteiger partial charge in [-0.2, -0.15) is 0 Å². The second-order valence-corrected chi connectivity index (χ2v) is 6.43. The van der Waals surface area contributed by atoms with E-state index in [4.69, 9.17) is 5.73 Å². The number of thiophene rings is 1. The molecule has 1 fully saturated rings. The van der Waals surface area contributed by atoms with Crippen molar-refractivity contribution in [2.45, 2.75) is 45.2 Å². The van der Waals surface area contributed by atoms with Crippen LogP contribution in [0.2, 0.25) is 0 Å². The van der Waals surface area contributed by atoms with Crippen LogP contribution < -0.4 is 11.1 Å². The lowest BCUT2D eigenvalue weighted by Gasteiger charge is -2.25. The number of guanidine groups is 1. The van der Waals surface area contributed by atoms with Crippen LogP contribution in [0.4, 0.5) is 0 Å². The number of hydrogen-bond donors (Lipinski definition) is 2. The lowest BCUT2D eigenvalue weighted by atomic mass is 10.2. The highest BCUT2D eigenvalue weighted by Crippen LogP contribution is 2.28. The van der Waals surface area contributed by atoms with Crippen molar-refractivity contribution in [2.75, 3.05) is 19.6 Å². The van der Waals surface area contributed by atoms with Gasteiger partial charge in [0.2, 0.25) is 0 Å².